The van der Waals surface area contributed by atoms with Crippen molar-refractivity contribution in [1.29, 1.82) is 0 Å². The summed E-state index contributed by atoms with van der Waals surface area (Å²) in [6.45, 7) is 19.8. The number of hydrogen-bond donors (Lipinski definition) is 0. The Kier molecular flexibility index (Phi) is 6.97. The van der Waals surface area contributed by atoms with Crippen LogP contribution in [0, 0.1) is 11.8 Å². The standard InChI is InChI=1S/C18H37N3/c1-16(2)18-6-10-19(11-7-18)8-5-9-20-12-14-21(15-13-20)17(3)4/h16-18H,5-15H2,1-4H3. The molecule has 0 radical (unpaired) electrons. The molecule has 0 saturated carbocycles. The van der Waals surface area contributed by atoms with Crippen LogP contribution in [-0.2, 0) is 0 Å². The van der Waals surface area contributed by atoms with Gasteiger partial charge in [-0.1, -0.05) is 13.8 Å². The van der Waals surface area contributed by atoms with E-state index in [-0.39, 0.29) is 0 Å². The lowest BCUT2D eigenvalue weighted by atomic mass is 9.87. The van der Waals surface area contributed by atoms with Gasteiger partial charge in [-0.15, -0.1) is 0 Å². The van der Waals surface area contributed by atoms with E-state index in [2.05, 4.69) is 42.4 Å². The highest BCUT2D eigenvalue weighted by Crippen LogP contribution is 2.24. The highest BCUT2D eigenvalue weighted by Gasteiger charge is 2.22. The van der Waals surface area contributed by atoms with Gasteiger partial charge in [-0.3, -0.25) is 4.90 Å². The summed E-state index contributed by atoms with van der Waals surface area (Å²) in [7, 11) is 0. The number of nitrogens with zero attached hydrogens (tertiary/aromatic N) is 3. The van der Waals surface area contributed by atoms with Crippen molar-refractivity contribution >= 4 is 0 Å². The maximum Gasteiger partial charge on any atom is 0.0113 e. The number of rotatable bonds is 6. The van der Waals surface area contributed by atoms with Gasteiger partial charge in [0.1, 0.15) is 0 Å². The van der Waals surface area contributed by atoms with E-state index < -0.39 is 0 Å². The fourth-order valence-corrected chi connectivity index (χ4v) is 3.86. The molecule has 0 spiro atoms. The number of piperazine rings is 1. The number of likely N-dealkylation sites (tertiary alicyclic amines) is 1. The van der Waals surface area contributed by atoms with Gasteiger partial charge in [0.15, 0.2) is 0 Å². The molecule has 2 fully saturated rings. The van der Waals surface area contributed by atoms with Gasteiger partial charge in [0.05, 0.1) is 0 Å². The monoisotopic (exact) mass is 295 g/mol. The van der Waals surface area contributed by atoms with Crippen molar-refractivity contribution in [3.8, 4) is 0 Å². The molecule has 124 valence electrons. The minimum Gasteiger partial charge on any atom is -0.303 e. The van der Waals surface area contributed by atoms with Crippen LogP contribution in [0.1, 0.15) is 47.0 Å². The van der Waals surface area contributed by atoms with Crippen LogP contribution in [0.5, 0.6) is 0 Å². The molecule has 0 bridgehead atoms. The van der Waals surface area contributed by atoms with Crippen molar-refractivity contribution in [3.05, 3.63) is 0 Å². The van der Waals surface area contributed by atoms with Gasteiger partial charge in [-0.2, -0.15) is 0 Å². The maximum atomic E-state index is 2.70. The first-order valence-corrected chi connectivity index (χ1v) is 9.25. The SMILES string of the molecule is CC(C)C1CCN(CCCN2CCN(C(C)C)CC2)CC1. The molecule has 0 aromatic heterocycles. The number of piperidine rings is 1. The van der Waals surface area contributed by atoms with Crippen LogP contribution in [0.15, 0.2) is 0 Å². The van der Waals surface area contributed by atoms with E-state index in [1.54, 1.807) is 0 Å². The fraction of sp³-hybridized carbons (Fsp3) is 1.00. The van der Waals surface area contributed by atoms with Crippen molar-refractivity contribution in [1.82, 2.24) is 14.7 Å². The summed E-state index contributed by atoms with van der Waals surface area (Å²) in [5.74, 6) is 1.86. The second-order valence-corrected chi connectivity index (χ2v) is 7.75. The summed E-state index contributed by atoms with van der Waals surface area (Å²) < 4.78 is 0. The zero-order valence-electron chi connectivity index (χ0n) is 14.9. The minimum atomic E-state index is 0.717. The van der Waals surface area contributed by atoms with Gasteiger partial charge >= 0.3 is 0 Å². The van der Waals surface area contributed by atoms with Gasteiger partial charge < -0.3 is 9.80 Å². The molecule has 2 rings (SSSR count). The molecule has 0 atom stereocenters. The molecule has 3 heteroatoms. The van der Waals surface area contributed by atoms with Crippen molar-refractivity contribution in [3.63, 3.8) is 0 Å². The third-order valence-electron chi connectivity index (χ3n) is 5.66. The summed E-state index contributed by atoms with van der Waals surface area (Å²) in [4.78, 5) is 7.97. The zero-order chi connectivity index (χ0) is 15.2. The third kappa shape index (κ3) is 5.54. The molecule has 21 heavy (non-hydrogen) atoms. The predicted octanol–water partition coefficient (Wildman–Crippen LogP) is 2.77. The topological polar surface area (TPSA) is 9.72 Å². The fourth-order valence-electron chi connectivity index (χ4n) is 3.86. The quantitative estimate of drug-likeness (QED) is 0.746. The van der Waals surface area contributed by atoms with Crippen LogP contribution in [-0.4, -0.2) is 73.1 Å². The summed E-state index contributed by atoms with van der Waals surface area (Å²) in [6, 6.07) is 0.717. The van der Waals surface area contributed by atoms with Gasteiger partial charge in [0, 0.05) is 32.2 Å². The molecule has 0 aromatic rings. The zero-order valence-corrected chi connectivity index (χ0v) is 14.9. The Bertz CT molecular complexity index is 246. The lowest BCUT2D eigenvalue weighted by Crippen LogP contribution is -2.49. The first-order chi connectivity index (χ1) is 10.1. The summed E-state index contributed by atoms with van der Waals surface area (Å²) in [5.41, 5.74) is 0. The van der Waals surface area contributed by atoms with E-state index in [1.165, 1.54) is 71.6 Å². The second kappa shape index (κ2) is 8.50. The van der Waals surface area contributed by atoms with Crippen molar-refractivity contribution in [2.75, 3.05) is 52.4 Å². The largest absolute Gasteiger partial charge is 0.303 e. The van der Waals surface area contributed by atoms with E-state index in [0.717, 1.165) is 17.9 Å². The lowest BCUT2D eigenvalue weighted by molar-refractivity contribution is 0.100. The first-order valence-electron chi connectivity index (χ1n) is 9.25. The molecule has 0 aromatic carbocycles. The van der Waals surface area contributed by atoms with E-state index in [0.29, 0.717) is 0 Å². The summed E-state index contributed by atoms with van der Waals surface area (Å²) in [6.07, 6.45) is 4.20. The molecular formula is C18H37N3. The van der Waals surface area contributed by atoms with Gasteiger partial charge in [0.2, 0.25) is 0 Å². The molecule has 0 N–H and O–H groups in total. The maximum absolute atomic E-state index is 2.70. The van der Waals surface area contributed by atoms with Crippen molar-refractivity contribution < 1.29 is 0 Å². The minimum absolute atomic E-state index is 0.717. The Morgan fingerprint density at radius 2 is 1.29 bits per heavy atom. The lowest BCUT2D eigenvalue weighted by Gasteiger charge is -2.37. The molecule has 0 amide bonds. The second-order valence-electron chi connectivity index (χ2n) is 7.75. The third-order valence-corrected chi connectivity index (χ3v) is 5.66. The van der Waals surface area contributed by atoms with Crippen LogP contribution < -0.4 is 0 Å². The Labute approximate surface area is 132 Å². The van der Waals surface area contributed by atoms with E-state index in [4.69, 9.17) is 0 Å². The first kappa shape index (κ1) is 17.2. The average molecular weight is 296 g/mol. The normalized spacial score (nSPS) is 24.3. The van der Waals surface area contributed by atoms with Crippen molar-refractivity contribution in [2.24, 2.45) is 11.8 Å². The molecule has 2 heterocycles. The highest BCUT2D eigenvalue weighted by molar-refractivity contribution is 4.76. The molecule has 0 aliphatic carbocycles. The van der Waals surface area contributed by atoms with E-state index in [9.17, 15) is 0 Å². The smallest absolute Gasteiger partial charge is 0.0113 e. The highest BCUT2D eigenvalue weighted by atomic mass is 15.3. The van der Waals surface area contributed by atoms with Crippen LogP contribution in [0.25, 0.3) is 0 Å². The van der Waals surface area contributed by atoms with Crippen LogP contribution in [0.3, 0.4) is 0 Å². The van der Waals surface area contributed by atoms with Crippen LogP contribution in [0.4, 0.5) is 0 Å². The van der Waals surface area contributed by atoms with Gasteiger partial charge in [-0.25, -0.2) is 0 Å². The molecule has 0 unspecified atom stereocenters. The van der Waals surface area contributed by atoms with Gasteiger partial charge in [-0.05, 0) is 71.1 Å². The molecule has 2 aliphatic heterocycles. The summed E-state index contributed by atoms with van der Waals surface area (Å²) in [5, 5.41) is 0. The number of hydrogen-bond acceptors (Lipinski definition) is 3. The Hall–Kier alpha value is -0.120. The average Bonchev–Trinajstić information content (AvgIpc) is 2.48. The van der Waals surface area contributed by atoms with Crippen molar-refractivity contribution in [2.45, 2.75) is 53.0 Å². The molecule has 2 aliphatic rings. The Morgan fingerprint density at radius 3 is 1.76 bits per heavy atom. The Balaban J connectivity index is 1.55. The van der Waals surface area contributed by atoms with Gasteiger partial charge in [0.25, 0.3) is 0 Å². The van der Waals surface area contributed by atoms with Crippen LogP contribution in [0.2, 0.25) is 0 Å². The molecular weight excluding hydrogens is 258 g/mol. The van der Waals surface area contributed by atoms with E-state index in [1.807, 2.05) is 0 Å². The van der Waals surface area contributed by atoms with Crippen LogP contribution >= 0.6 is 0 Å². The Morgan fingerprint density at radius 1 is 0.762 bits per heavy atom. The summed E-state index contributed by atoms with van der Waals surface area (Å²) >= 11 is 0. The molecule has 3 nitrogen and oxygen atoms in total. The predicted molar refractivity (Wildman–Crippen MR) is 91.8 cm³/mol. The van der Waals surface area contributed by atoms with E-state index >= 15 is 0 Å². The molecule has 2 saturated heterocycles.